The highest BCUT2D eigenvalue weighted by Crippen LogP contribution is 2.38. The van der Waals surface area contributed by atoms with E-state index >= 15 is 0 Å². The van der Waals surface area contributed by atoms with Gasteiger partial charge in [-0.25, -0.2) is 13.6 Å². The Morgan fingerprint density at radius 3 is 1.97 bits per heavy atom. The first-order valence-electron chi connectivity index (χ1n) is 11.2. The van der Waals surface area contributed by atoms with Crippen LogP contribution in [0.15, 0.2) is 94.1 Å². The first-order valence-corrected chi connectivity index (χ1v) is 11.9. The maximum Gasteiger partial charge on any atom is 0.336 e. The van der Waals surface area contributed by atoms with Gasteiger partial charge in [0.25, 0.3) is 0 Å². The van der Waals surface area contributed by atoms with Gasteiger partial charge in [-0.2, -0.15) is 0 Å². The molecule has 0 N–H and O–H groups in total. The molecule has 5 aromatic rings. The molecule has 0 aliphatic carbocycles. The average molecular weight is 539 g/mol. The predicted molar refractivity (Wildman–Crippen MR) is 139 cm³/mol. The second-order valence-corrected chi connectivity index (χ2v) is 8.93. The van der Waals surface area contributed by atoms with Crippen LogP contribution in [0.1, 0.15) is 11.1 Å². The van der Waals surface area contributed by atoms with Crippen LogP contribution < -0.4 is 15.1 Å². The Balaban J connectivity index is 1.61. The number of benzene rings is 4. The van der Waals surface area contributed by atoms with Gasteiger partial charge in [0.1, 0.15) is 41.9 Å². The van der Waals surface area contributed by atoms with Gasteiger partial charge in [0.2, 0.25) is 0 Å². The van der Waals surface area contributed by atoms with Gasteiger partial charge in [0.05, 0.1) is 15.4 Å². The number of hydrogen-bond donors (Lipinski definition) is 0. The van der Waals surface area contributed by atoms with E-state index in [0.29, 0.717) is 10.9 Å². The van der Waals surface area contributed by atoms with E-state index in [1.807, 2.05) is 30.3 Å². The zero-order chi connectivity index (χ0) is 25.9. The Morgan fingerprint density at radius 2 is 1.35 bits per heavy atom. The van der Waals surface area contributed by atoms with Crippen LogP contribution in [0.25, 0.3) is 22.1 Å². The lowest BCUT2D eigenvalue weighted by Crippen LogP contribution is -2.04. The summed E-state index contributed by atoms with van der Waals surface area (Å²) in [5.41, 5.74) is 1.25. The van der Waals surface area contributed by atoms with Crippen molar-refractivity contribution < 1.29 is 22.7 Å². The zero-order valence-corrected chi connectivity index (χ0v) is 20.7. The molecule has 4 nitrogen and oxygen atoms in total. The van der Waals surface area contributed by atoms with E-state index in [9.17, 15) is 13.6 Å². The number of fused-ring (bicyclic) bond motifs is 1. The molecule has 0 unspecified atom stereocenters. The minimum Gasteiger partial charge on any atom is -0.488 e. The third kappa shape index (κ3) is 5.31. The van der Waals surface area contributed by atoms with E-state index in [1.165, 1.54) is 36.4 Å². The molecule has 0 fully saturated rings. The Morgan fingerprint density at radius 1 is 0.730 bits per heavy atom. The third-order valence-corrected chi connectivity index (χ3v) is 6.45. The number of rotatable bonds is 7. The summed E-state index contributed by atoms with van der Waals surface area (Å²) in [7, 11) is 0. The van der Waals surface area contributed by atoms with E-state index in [4.69, 9.17) is 37.1 Å². The van der Waals surface area contributed by atoms with Gasteiger partial charge >= 0.3 is 5.63 Å². The van der Waals surface area contributed by atoms with Crippen LogP contribution >= 0.6 is 23.2 Å². The van der Waals surface area contributed by atoms with E-state index < -0.39 is 17.3 Å². The zero-order valence-electron chi connectivity index (χ0n) is 19.1. The minimum atomic E-state index is -0.580. The van der Waals surface area contributed by atoms with Crippen molar-refractivity contribution in [2.45, 2.75) is 13.2 Å². The first kappa shape index (κ1) is 24.8. The van der Waals surface area contributed by atoms with Crippen LogP contribution in [-0.2, 0) is 13.2 Å². The molecule has 0 radical (unpaired) electrons. The van der Waals surface area contributed by atoms with Crippen molar-refractivity contribution in [1.29, 1.82) is 0 Å². The van der Waals surface area contributed by atoms with Crippen molar-refractivity contribution in [2.75, 3.05) is 0 Å². The standard InChI is InChI=1S/C29H18Cl2F2O4/c30-22-8-4-10-24(32)20(22)15-35-18-12-26(36-16-21-23(31)9-5-11-25(21)33)29-19(17-6-2-1-3-7-17)14-28(34)37-27(29)13-18/h1-14H,15-16H2. The summed E-state index contributed by atoms with van der Waals surface area (Å²) in [5.74, 6) is -0.547. The molecule has 4 aromatic carbocycles. The highest BCUT2D eigenvalue weighted by Gasteiger charge is 2.18. The van der Waals surface area contributed by atoms with Crippen molar-refractivity contribution >= 4 is 34.2 Å². The summed E-state index contributed by atoms with van der Waals surface area (Å²) < 4.78 is 46.0. The summed E-state index contributed by atoms with van der Waals surface area (Å²) in [5, 5.41) is 0.902. The molecule has 0 bridgehead atoms. The molecule has 0 saturated carbocycles. The Kier molecular flexibility index (Phi) is 7.12. The molecule has 8 heteroatoms. The maximum absolute atomic E-state index is 14.4. The molecule has 1 heterocycles. The van der Waals surface area contributed by atoms with Crippen molar-refractivity contribution in [1.82, 2.24) is 0 Å². The van der Waals surface area contributed by atoms with Gasteiger partial charge < -0.3 is 13.9 Å². The van der Waals surface area contributed by atoms with Gasteiger partial charge in [-0.3, -0.25) is 0 Å². The first-order chi connectivity index (χ1) is 17.9. The van der Waals surface area contributed by atoms with Gasteiger partial charge in [-0.15, -0.1) is 0 Å². The topological polar surface area (TPSA) is 48.7 Å². The van der Waals surface area contributed by atoms with Crippen molar-refractivity contribution in [3.63, 3.8) is 0 Å². The Bertz CT molecular complexity index is 1610. The Hall–Kier alpha value is -3.87. The fraction of sp³-hybridized carbons (Fsp3) is 0.0690. The molecule has 1 aromatic heterocycles. The monoisotopic (exact) mass is 538 g/mol. The number of halogens is 4. The normalized spacial score (nSPS) is 11.0. The predicted octanol–water partition coefficient (Wildman–Crippen LogP) is 8.20. The lowest BCUT2D eigenvalue weighted by molar-refractivity contribution is 0.286. The molecule has 0 aliphatic heterocycles. The number of ether oxygens (including phenoxy) is 2. The minimum absolute atomic E-state index is 0.167. The lowest BCUT2D eigenvalue weighted by Gasteiger charge is -2.16. The van der Waals surface area contributed by atoms with Gasteiger partial charge in [0, 0.05) is 34.9 Å². The van der Waals surface area contributed by atoms with Crippen molar-refractivity contribution in [3.05, 3.63) is 128 Å². The van der Waals surface area contributed by atoms with Crippen LogP contribution in [-0.4, -0.2) is 0 Å². The molecule has 186 valence electrons. The number of hydrogen-bond acceptors (Lipinski definition) is 4. The molecular weight excluding hydrogens is 521 g/mol. The van der Waals surface area contributed by atoms with Crippen LogP contribution in [0, 0.1) is 11.6 Å². The smallest absolute Gasteiger partial charge is 0.336 e. The molecule has 0 saturated heterocycles. The van der Waals surface area contributed by atoms with Crippen LogP contribution in [0.3, 0.4) is 0 Å². The summed E-state index contributed by atoms with van der Waals surface area (Å²) in [6.07, 6.45) is 0. The van der Waals surface area contributed by atoms with E-state index in [1.54, 1.807) is 18.2 Å². The molecule has 0 spiro atoms. The van der Waals surface area contributed by atoms with Gasteiger partial charge in [0.15, 0.2) is 0 Å². The highest BCUT2D eigenvalue weighted by molar-refractivity contribution is 6.31. The molecule has 37 heavy (non-hydrogen) atoms. The fourth-order valence-corrected chi connectivity index (χ4v) is 4.36. The van der Waals surface area contributed by atoms with Gasteiger partial charge in [-0.1, -0.05) is 65.7 Å². The van der Waals surface area contributed by atoms with Crippen LogP contribution in [0.4, 0.5) is 8.78 Å². The Labute approximate surface area is 220 Å². The van der Waals surface area contributed by atoms with E-state index in [0.717, 1.165) is 5.56 Å². The van der Waals surface area contributed by atoms with Gasteiger partial charge in [-0.05, 0) is 29.8 Å². The maximum atomic E-state index is 14.4. The molecule has 0 amide bonds. The highest BCUT2D eigenvalue weighted by atomic mass is 35.5. The van der Waals surface area contributed by atoms with Crippen molar-refractivity contribution in [3.8, 4) is 22.6 Å². The quantitative estimate of drug-likeness (QED) is 0.196. The fourth-order valence-electron chi connectivity index (χ4n) is 3.93. The van der Waals surface area contributed by atoms with E-state index in [-0.39, 0.29) is 51.5 Å². The third-order valence-electron chi connectivity index (χ3n) is 5.74. The van der Waals surface area contributed by atoms with Crippen LogP contribution in [0.5, 0.6) is 11.5 Å². The summed E-state index contributed by atoms with van der Waals surface area (Å²) in [4.78, 5) is 12.5. The summed E-state index contributed by atoms with van der Waals surface area (Å²) >= 11 is 12.3. The second-order valence-electron chi connectivity index (χ2n) is 8.12. The average Bonchev–Trinajstić information content (AvgIpc) is 2.88. The molecule has 5 rings (SSSR count). The summed E-state index contributed by atoms with van der Waals surface area (Å²) in [6, 6.07) is 22.3. The van der Waals surface area contributed by atoms with E-state index in [2.05, 4.69) is 0 Å². The summed E-state index contributed by atoms with van der Waals surface area (Å²) in [6.45, 7) is -0.380. The van der Waals surface area contributed by atoms with Crippen molar-refractivity contribution in [2.24, 2.45) is 0 Å². The molecule has 0 atom stereocenters. The lowest BCUT2D eigenvalue weighted by atomic mass is 10.0. The molecular formula is C29H18Cl2F2O4. The largest absolute Gasteiger partial charge is 0.488 e. The molecule has 0 aliphatic rings. The second kappa shape index (κ2) is 10.6. The van der Waals surface area contributed by atoms with Crippen LogP contribution in [0.2, 0.25) is 10.0 Å². The SMILES string of the molecule is O=c1cc(-c2ccccc2)c2c(OCc3c(F)cccc3Cl)cc(OCc3c(F)cccc3Cl)cc2o1.